The molecule has 7 heteroatoms. The van der Waals surface area contributed by atoms with E-state index in [0.717, 1.165) is 29.5 Å². The lowest BCUT2D eigenvalue weighted by Gasteiger charge is -2.52. The summed E-state index contributed by atoms with van der Waals surface area (Å²) in [5.74, 6) is -1.27. The van der Waals surface area contributed by atoms with Crippen LogP contribution in [0.4, 0.5) is 4.39 Å². The van der Waals surface area contributed by atoms with Crippen molar-refractivity contribution in [2.45, 2.75) is 51.7 Å². The van der Waals surface area contributed by atoms with E-state index in [1.807, 2.05) is 49.2 Å². The first-order chi connectivity index (χ1) is 16.4. The van der Waals surface area contributed by atoms with Gasteiger partial charge in [-0.2, -0.15) is 0 Å². The summed E-state index contributed by atoms with van der Waals surface area (Å²) in [4.78, 5) is 27.5. The highest BCUT2D eigenvalue weighted by Crippen LogP contribution is 2.40. The number of rotatable bonds is 4. The van der Waals surface area contributed by atoms with Crippen molar-refractivity contribution in [2.24, 2.45) is 0 Å². The molecule has 0 radical (unpaired) electrons. The number of carbonyl (C=O) groups is 1. The first-order valence-electron chi connectivity index (χ1n) is 11.8. The number of piperidine rings is 1. The molecule has 34 heavy (non-hydrogen) atoms. The minimum absolute atomic E-state index is 0.0707. The summed E-state index contributed by atoms with van der Waals surface area (Å²) in [7, 11) is 0. The van der Waals surface area contributed by atoms with Crippen LogP contribution in [0.2, 0.25) is 0 Å². The van der Waals surface area contributed by atoms with Crippen LogP contribution in [0, 0.1) is 12.7 Å². The van der Waals surface area contributed by atoms with Crippen molar-refractivity contribution in [3.8, 4) is 5.75 Å². The van der Waals surface area contributed by atoms with Crippen molar-refractivity contribution in [1.82, 2.24) is 9.58 Å². The lowest BCUT2D eigenvalue weighted by atomic mass is 9.88. The molecule has 1 saturated heterocycles. The zero-order valence-corrected chi connectivity index (χ0v) is 19.4. The molecule has 2 aliphatic heterocycles. The SMILES string of the molecule is CCc1cccc(F)c1[C@@H](c1ccccc1C)N1C2CCCCN2C(=O)c2c(O)c(=O)ccn21. The Morgan fingerprint density at radius 3 is 2.65 bits per heavy atom. The van der Waals surface area contributed by atoms with Crippen LogP contribution >= 0.6 is 0 Å². The largest absolute Gasteiger partial charge is 0.502 e. The molecule has 1 N–H and O–H groups in total. The fourth-order valence-corrected chi connectivity index (χ4v) is 5.43. The van der Waals surface area contributed by atoms with Gasteiger partial charge >= 0.3 is 0 Å². The van der Waals surface area contributed by atoms with E-state index in [9.17, 15) is 14.7 Å². The second-order valence-corrected chi connectivity index (χ2v) is 9.00. The van der Waals surface area contributed by atoms with Crippen LogP contribution in [0.1, 0.15) is 65.0 Å². The number of nitrogens with zero attached hydrogens (tertiary/aromatic N) is 3. The normalized spacial score (nSPS) is 18.4. The summed E-state index contributed by atoms with van der Waals surface area (Å²) in [6.45, 7) is 4.50. The highest BCUT2D eigenvalue weighted by molar-refractivity contribution is 5.96. The van der Waals surface area contributed by atoms with E-state index in [1.165, 1.54) is 18.3 Å². The van der Waals surface area contributed by atoms with Crippen LogP contribution < -0.4 is 10.4 Å². The van der Waals surface area contributed by atoms with E-state index in [0.29, 0.717) is 24.9 Å². The molecule has 0 aliphatic carbocycles. The Kier molecular flexibility index (Phi) is 5.63. The number of aromatic nitrogens is 1. The second-order valence-electron chi connectivity index (χ2n) is 9.00. The van der Waals surface area contributed by atoms with E-state index in [4.69, 9.17) is 0 Å². The number of aromatic hydroxyl groups is 1. The molecular formula is C27H28FN3O3. The van der Waals surface area contributed by atoms with Crippen LogP contribution in [0.5, 0.6) is 5.75 Å². The number of hydrogen-bond acceptors (Lipinski definition) is 4. The number of amides is 1. The second kappa shape index (κ2) is 8.63. The van der Waals surface area contributed by atoms with Crippen LogP contribution in [-0.2, 0) is 6.42 Å². The molecule has 0 bridgehead atoms. The van der Waals surface area contributed by atoms with Crippen LogP contribution in [-0.4, -0.2) is 33.3 Å². The minimum Gasteiger partial charge on any atom is -0.502 e. The number of hydrogen-bond donors (Lipinski definition) is 1. The lowest BCUT2D eigenvalue weighted by molar-refractivity contribution is 0.0461. The van der Waals surface area contributed by atoms with E-state index < -0.39 is 17.2 Å². The molecule has 1 fully saturated rings. The van der Waals surface area contributed by atoms with Crippen molar-refractivity contribution in [1.29, 1.82) is 0 Å². The topological polar surface area (TPSA) is 65.8 Å². The summed E-state index contributed by atoms with van der Waals surface area (Å²) in [5, 5.41) is 12.7. The summed E-state index contributed by atoms with van der Waals surface area (Å²) in [6, 6.07) is 13.7. The zero-order valence-electron chi connectivity index (χ0n) is 19.4. The molecule has 176 valence electrons. The smallest absolute Gasteiger partial charge is 0.278 e. The van der Waals surface area contributed by atoms with Crippen LogP contribution in [0.25, 0.3) is 0 Å². The average Bonchev–Trinajstić information content (AvgIpc) is 2.84. The Balaban J connectivity index is 1.85. The van der Waals surface area contributed by atoms with Gasteiger partial charge in [-0.15, -0.1) is 0 Å². The van der Waals surface area contributed by atoms with Gasteiger partial charge in [0.15, 0.2) is 11.4 Å². The molecule has 5 rings (SSSR count). The molecule has 3 heterocycles. The Hall–Kier alpha value is -3.61. The van der Waals surface area contributed by atoms with E-state index in [1.54, 1.807) is 15.6 Å². The summed E-state index contributed by atoms with van der Waals surface area (Å²) >= 11 is 0. The Labute approximate surface area is 197 Å². The minimum atomic E-state index is -0.609. The van der Waals surface area contributed by atoms with Gasteiger partial charge in [-0.25, -0.2) is 4.39 Å². The summed E-state index contributed by atoms with van der Waals surface area (Å²) < 4.78 is 17.2. The molecule has 2 aliphatic rings. The summed E-state index contributed by atoms with van der Waals surface area (Å²) in [5.41, 5.74) is 2.64. The third-order valence-electron chi connectivity index (χ3n) is 7.09. The fraction of sp³-hybridized carbons (Fsp3) is 0.333. The highest BCUT2D eigenvalue weighted by atomic mass is 19.1. The van der Waals surface area contributed by atoms with Crippen molar-refractivity contribution in [2.75, 3.05) is 11.6 Å². The van der Waals surface area contributed by atoms with Crippen LogP contribution in [0.3, 0.4) is 0 Å². The summed E-state index contributed by atoms with van der Waals surface area (Å²) in [6.07, 6.45) is 4.28. The number of benzene rings is 2. The van der Waals surface area contributed by atoms with Gasteiger partial charge in [0.05, 0.1) is 0 Å². The van der Waals surface area contributed by atoms with Gasteiger partial charge in [0, 0.05) is 24.4 Å². The van der Waals surface area contributed by atoms with Gasteiger partial charge in [-0.05, 0) is 55.4 Å². The third kappa shape index (κ3) is 3.38. The average molecular weight is 462 g/mol. The van der Waals surface area contributed by atoms with E-state index in [2.05, 4.69) is 0 Å². The Morgan fingerprint density at radius 1 is 1.09 bits per heavy atom. The monoisotopic (exact) mass is 461 g/mol. The van der Waals surface area contributed by atoms with Crippen molar-refractivity contribution in [3.05, 3.63) is 98.7 Å². The molecule has 2 atom stereocenters. The van der Waals surface area contributed by atoms with Gasteiger partial charge in [0.1, 0.15) is 18.0 Å². The molecule has 0 saturated carbocycles. The van der Waals surface area contributed by atoms with Crippen molar-refractivity contribution >= 4 is 5.91 Å². The molecule has 1 unspecified atom stereocenters. The van der Waals surface area contributed by atoms with E-state index >= 15 is 4.39 Å². The van der Waals surface area contributed by atoms with Gasteiger partial charge in [0.2, 0.25) is 5.43 Å². The van der Waals surface area contributed by atoms with Crippen LogP contribution in [0.15, 0.2) is 59.5 Å². The maximum Gasteiger partial charge on any atom is 0.278 e. The highest BCUT2D eigenvalue weighted by Gasteiger charge is 2.45. The quantitative estimate of drug-likeness (QED) is 0.631. The predicted molar refractivity (Wildman–Crippen MR) is 128 cm³/mol. The number of pyridine rings is 1. The number of aryl methyl sites for hydroxylation is 2. The first kappa shape index (κ1) is 22.2. The Bertz CT molecular complexity index is 1320. The molecule has 3 aromatic rings. The first-order valence-corrected chi connectivity index (χ1v) is 11.8. The maximum atomic E-state index is 15.7. The van der Waals surface area contributed by atoms with Gasteiger partial charge in [0.25, 0.3) is 5.91 Å². The molecular weight excluding hydrogens is 433 g/mol. The lowest BCUT2D eigenvalue weighted by Crippen LogP contribution is -2.63. The Morgan fingerprint density at radius 2 is 1.88 bits per heavy atom. The molecule has 6 nitrogen and oxygen atoms in total. The van der Waals surface area contributed by atoms with Crippen molar-refractivity contribution < 1.29 is 14.3 Å². The van der Waals surface area contributed by atoms with E-state index in [-0.39, 0.29) is 23.6 Å². The standard InChI is InChI=1S/C27H28FN3O3/c1-3-18-10-8-12-20(28)23(18)24(19-11-5-4-9-17(19)2)31-22-13-6-7-15-29(22)27(34)25-26(33)21(32)14-16-30(25)31/h4-5,8-12,14,16,22,24,33H,3,6-7,13,15H2,1-2H3/t22?,24-/m1/s1. The molecule has 2 aromatic carbocycles. The molecule has 0 spiro atoms. The predicted octanol–water partition coefficient (Wildman–Crippen LogP) is 4.26. The number of halogens is 1. The zero-order chi connectivity index (χ0) is 24.0. The van der Waals surface area contributed by atoms with Crippen molar-refractivity contribution in [3.63, 3.8) is 0 Å². The third-order valence-corrected chi connectivity index (χ3v) is 7.09. The number of carbonyl (C=O) groups excluding carboxylic acids is 1. The van der Waals surface area contributed by atoms with Gasteiger partial charge < -0.3 is 10.0 Å². The fourth-order valence-electron chi connectivity index (χ4n) is 5.43. The van der Waals surface area contributed by atoms with Gasteiger partial charge in [-0.3, -0.25) is 19.3 Å². The maximum absolute atomic E-state index is 15.7. The number of fused-ring (bicyclic) bond motifs is 2. The molecule has 1 aromatic heterocycles. The van der Waals surface area contributed by atoms with Gasteiger partial charge in [-0.1, -0.05) is 43.3 Å². The molecule has 1 amide bonds.